The molecule has 1 aromatic heterocycles. The molecule has 0 amide bonds. The predicted molar refractivity (Wildman–Crippen MR) is 78.6 cm³/mol. The number of anilines is 2. The van der Waals surface area contributed by atoms with Gasteiger partial charge in [0.05, 0.1) is 0 Å². The van der Waals surface area contributed by atoms with E-state index in [-0.39, 0.29) is 0 Å². The fraction of sp³-hybridized carbons (Fsp3) is 0.733. The van der Waals surface area contributed by atoms with Gasteiger partial charge >= 0.3 is 0 Å². The Kier molecular flexibility index (Phi) is 3.58. The first-order valence-electron chi connectivity index (χ1n) is 7.58. The lowest BCUT2D eigenvalue weighted by molar-refractivity contribution is 0.667. The lowest BCUT2D eigenvalue weighted by Gasteiger charge is -2.26. The van der Waals surface area contributed by atoms with Crippen molar-refractivity contribution in [3.05, 3.63) is 11.9 Å². The van der Waals surface area contributed by atoms with Crippen molar-refractivity contribution in [3.63, 3.8) is 0 Å². The van der Waals surface area contributed by atoms with Crippen LogP contribution in [-0.2, 0) is 6.42 Å². The van der Waals surface area contributed by atoms with E-state index in [9.17, 15) is 0 Å². The molecule has 0 radical (unpaired) electrons. The minimum atomic E-state index is 0.899. The summed E-state index contributed by atoms with van der Waals surface area (Å²) in [6.07, 6.45) is 8.27. The number of nitrogens with one attached hydrogen (secondary N) is 1. The molecule has 0 aliphatic heterocycles. The topological polar surface area (TPSA) is 41.1 Å². The number of nitrogens with zero attached hydrogens (tertiary/aromatic N) is 3. The first-order chi connectivity index (χ1) is 9.31. The molecule has 19 heavy (non-hydrogen) atoms. The molecule has 0 unspecified atom stereocenters. The number of rotatable bonds is 7. The van der Waals surface area contributed by atoms with Crippen molar-refractivity contribution in [2.75, 3.05) is 30.4 Å². The van der Waals surface area contributed by atoms with Gasteiger partial charge < -0.3 is 10.2 Å². The molecule has 1 N–H and O–H groups in total. The quantitative estimate of drug-likeness (QED) is 0.818. The van der Waals surface area contributed by atoms with Crippen LogP contribution in [0.5, 0.6) is 0 Å². The zero-order chi connectivity index (χ0) is 13.2. The zero-order valence-electron chi connectivity index (χ0n) is 12.0. The molecular weight excluding hydrogens is 236 g/mol. The van der Waals surface area contributed by atoms with Crippen LogP contribution in [0.4, 0.5) is 11.6 Å². The minimum Gasteiger partial charge on any atom is -0.373 e. The molecule has 2 aliphatic rings. The molecule has 0 spiro atoms. The van der Waals surface area contributed by atoms with Crippen molar-refractivity contribution in [1.82, 2.24) is 9.97 Å². The molecule has 104 valence electrons. The SMILES string of the molecule is CCc1c(NC)ncnc1N(CC1CC1)CC1CC1. The van der Waals surface area contributed by atoms with E-state index in [0.717, 1.165) is 24.1 Å². The van der Waals surface area contributed by atoms with Crippen LogP contribution in [0.3, 0.4) is 0 Å². The average Bonchev–Trinajstić information content (AvgIpc) is 3.32. The predicted octanol–water partition coefficient (Wildman–Crippen LogP) is 2.71. The summed E-state index contributed by atoms with van der Waals surface area (Å²) in [5.74, 6) is 3.96. The van der Waals surface area contributed by atoms with Crippen LogP contribution in [0.15, 0.2) is 6.33 Å². The molecule has 1 aromatic rings. The normalized spacial score (nSPS) is 18.4. The highest BCUT2D eigenvalue weighted by Crippen LogP contribution is 2.36. The molecule has 0 bridgehead atoms. The van der Waals surface area contributed by atoms with E-state index in [1.54, 1.807) is 6.33 Å². The standard InChI is InChI=1S/C15H24N4/c1-3-13-14(16-2)17-10-18-15(13)19(8-11-4-5-11)9-12-6-7-12/h10-12H,3-9H2,1-2H3,(H,16,17,18). The van der Waals surface area contributed by atoms with Crippen LogP contribution in [0.1, 0.15) is 38.2 Å². The van der Waals surface area contributed by atoms with Gasteiger partial charge in [0.15, 0.2) is 0 Å². The second-order valence-corrected chi connectivity index (χ2v) is 5.92. The number of aromatic nitrogens is 2. The largest absolute Gasteiger partial charge is 0.373 e. The van der Waals surface area contributed by atoms with Crippen LogP contribution in [0.2, 0.25) is 0 Å². The third-order valence-corrected chi connectivity index (χ3v) is 4.16. The Bertz CT molecular complexity index is 424. The molecule has 1 heterocycles. The second kappa shape index (κ2) is 5.35. The third kappa shape index (κ3) is 2.99. The summed E-state index contributed by atoms with van der Waals surface area (Å²) in [6.45, 7) is 4.56. The fourth-order valence-corrected chi connectivity index (χ4v) is 2.69. The van der Waals surface area contributed by atoms with Gasteiger partial charge in [-0.1, -0.05) is 6.92 Å². The van der Waals surface area contributed by atoms with Crippen LogP contribution < -0.4 is 10.2 Å². The molecule has 4 heteroatoms. The van der Waals surface area contributed by atoms with Gasteiger partial charge in [-0.2, -0.15) is 0 Å². The minimum absolute atomic E-state index is 0.899. The van der Waals surface area contributed by atoms with E-state index < -0.39 is 0 Å². The van der Waals surface area contributed by atoms with Gasteiger partial charge in [0, 0.05) is 25.7 Å². The molecule has 2 saturated carbocycles. The first-order valence-corrected chi connectivity index (χ1v) is 7.58. The zero-order valence-corrected chi connectivity index (χ0v) is 12.0. The highest BCUT2D eigenvalue weighted by atomic mass is 15.2. The van der Waals surface area contributed by atoms with Gasteiger partial charge in [-0.25, -0.2) is 9.97 Å². The van der Waals surface area contributed by atoms with Crippen molar-refractivity contribution in [2.45, 2.75) is 39.0 Å². The molecule has 3 rings (SSSR count). The molecule has 0 atom stereocenters. The Balaban J connectivity index is 1.85. The van der Waals surface area contributed by atoms with Gasteiger partial charge in [0.25, 0.3) is 0 Å². The van der Waals surface area contributed by atoms with E-state index in [2.05, 4.69) is 27.1 Å². The average molecular weight is 260 g/mol. The van der Waals surface area contributed by atoms with E-state index in [1.807, 2.05) is 7.05 Å². The molecule has 0 aromatic carbocycles. The molecular formula is C15H24N4. The number of hydrogen-bond donors (Lipinski definition) is 1. The van der Waals surface area contributed by atoms with Crippen molar-refractivity contribution >= 4 is 11.6 Å². The summed E-state index contributed by atoms with van der Waals surface area (Å²) in [5, 5.41) is 3.20. The van der Waals surface area contributed by atoms with E-state index in [1.165, 1.54) is 50.2 Å². The van der Waals surface area contributed by atoms with Crippen LogP contribution in [-0.4, -0.2) is 30.1 Å². The maximum Gasteiger partial charge on any atom is 0.137 e. The van der Waals surface area contributed by atoms with Gasteiger partial charge in [0.2, 0.25) is 0 Å². The van der Waals surface area contributed by atoms with E-state index in [4.69, 9.17) is 0 Å². The second-order valence-electron chi connectivity index (χ2n) is 5.92. The van der Waals surface area contributed by atoms with Crippen molar-refractivity contribution in [2.24, 2.45) is 11.8 Å². The Morgan fingerprint density at radius 2 is 1.79 bits per heavy atom. The first kappa shape index (κ1) is 12.7. The highest BCUT2D eigenvalue weighted by molar-refractivity contribution is 5.58. The number of hydrogen-bond acceptors (Lipinski definition) is 4. The van der Waals surface area contributed by atoms with Gasteiger partial charge in [-0.05, 0) is 43.9 Å². The summed E-state index contributed by atoms with van der Waals surface area (Å²) in [7, 11) is 1.94. The van der Waals surface area contributed by atoms with Crippen molar-refractivity contribution < 1.29 is 0 Å². The van der Waals surface area contributed by atoms with Gasteiger partial charge in [-0.3, -0.25) is 0 Å². The van der Waals surface area contributed by atoms with Crippen LogP contribution in [0, 0.1) is 11.8 Å². The van der Waals surface area contributed by atoms with Gasteiger partial charge in [0.1, 0.15) is 18.0 Å². The van der Waals surface area contributed by atoms with E-state index in [0.29, 0.717) is 0 Å². The van der Waals surface area contributed by atoms with Gasteiger partial charge in [-0.15, -0.1) is 0 Å². The Labute approximate surface area is 115 Å². The maximum atomic E-state index is 4.59. The lowest BCUT2D eigenvalue weighted by Crippen LogP contribution is -2.30. The fourth-order valence-electron chi connectivity index (χ4n) is 2.69. The lowest BCUT2D eigenvalue weighted by atomic mass is 10.2. The maximum absolute atomic E-state index is 4.59. The Morgan fingerprint density at radius 1 is 1.16 bits per heavy atom. The molecule has 2 aliphatic carbocycles. The van der Waals surface area contributed by atoms with Crippen LogP contribution in [0.25, 0.3) is 0 Å². The van der Waals surface area contributed by atoms with Crippen molar-refractivity contribution in [1.29, 1.82) is 0 Å². The Morgan fingerprint density at radius 3 is 2.26 bits per heavy atom. The van der Waals surface area contributed by atoms with E-state index >= 15 is 0 Å². The van der Waals surface area contributed by atoms with Crippen LogP contribution >= 0.6 is 0 Å². The monoisotopic (exact) mass is 260 g/mol. The highest BCUT2D eigenvalue weighted by Gasteiger charge is 2.31. The summed E-state index contributed by atoms with van der Waals surface area (Å²) >= 11 is 0. The summed E-state index contributed by atoms with van der Waals surface area (Å²) in [6, 6.07) is 0. The van der Waals surface area contributed by atoms with Crippen molar-refractivity contribution in [3.8, 4) is 0 Å². The third-order valence-electron chi connectivity index (χ3n) is 4.16. The Hall–Kier alpha value is -1.32. The summed E-state index contributed by atoms with van der Waals surface area (Å²) in [5.41, 5.74) is 1.27. The summed E-state index contributed by atoms with van der Waals surface area (Å²) in [4.78, 5) is 11.5. The summed E-state index contributed by atoms with van der Waals surface area (Å²) < 4.78 is 0. The molecule has 4 nitrogen and oxygen atoms in total. The molecule has 2 fully saturated rings. The smallest absolute Gasteiger partial charge is 0.137 e. The molecule has 0 saturated heterocycles.